The Hall–Kier alpha value is -2.44. The average molecular weight is 611 g/mol. The fraction of sp³-hybridized carbons (Fsp3) is 0.500. The number of nitrogens with zero attached hydrogens (tertiary/aromatic N) is 4. The molecule has 1 saturated heterocycles. The van der Waals surface area contributed by atoms with Crippen molar-refractivity contribution in [3.8, 4) is 11.5 Å². The van der Waals surface area contributed by atoms with E-state index in [1.54, 1.807) is 53.8 Å². The number of amides is 1. The van der Waals surface area contributed by atoms with Crippen LogP contribution in [0.2, 0.25) is 0 Å². The lowest BCUT2D eigenvalue weighted by Crippen LogP contribution is -2.39. The van der Waals surface area contributed by atoms with Gasteiger partial charge in [-0.25, -0.2) is 13.4 Å². The van der Waals surface area contributed by atoms with Gasteiger partial charge in [0.1, 0.15) is 21.7 Å². The van der Waals surface area contributed by atoms with Gasteiger partial charge in [0.15, 0.2) is 5.13 Å². The molecule has 0 radical (unpaired) electrons. The van der Waals surface area contributed by atoms with Crippen molar-refractivity contribution >= 4 is 55.0 Å². The lowest BCUT2D eigenvalue weighted by atomic mass is 10.2. The van der Waals surface area contributed by atoms with E-state index in [0.717, 1.165) is 43.5 Å². The summed E-state index contributed by atoms with van der Waals surface area (Å²) in [6.45, 7) is 8.08. The van der Waals surface area contributed by atoms with Crippen molar-refractivity contribution in [1.29, 1.82) is 0 Å². The number of halogens is 1. The van der Waals surface area contributed by atoms with Gasteiger partial charge in [-0.1, -0.05) is 38.0 Å². The number of fused-ring (bicyclic) bond motifs is 1. The topological polar surface area (TPSA) is 92.3 Å². The predicted molar refractivity (Wildman–Crippen MR) is 163 cm³/mol. The van der Waals surface area contributed by atoms with E-state index in [1.165, 1.54) is 11.3 Å². The molecule has 0 unspecified atom stereocenters. The van der Waals surface area contributed by atoms with Crippen LogP contribution in [0.5, 0.6) is 11.5 Å². The van der Waals surface area contributed by atoms with Gasteiger partial charge in [0.05, 0.1) is 19.1 Å². The van der Waals surface area contributed by atoms with Crippen LogP contribution >= 0.6 is 23.7 Å². The lowest BCUT2D eigenvalue weighted by molar-refractivity contribution is 0.0983. The minimum absolute atomic E-state index is 0. The second-order valence-corrected chi connectivity index (χ2v) is 12.4. The fourth-order valence-corrected chi connectivity index (χ4v) is 7.43. The van der Waals surface area contributed by atoms with Gasteiger partial charge in [-0.15, -0.1) is 12.4 Å². The van der Waals surface area contributed by atoms with E-state index in [2.05, 4.69) is 18.7 Å². The van der Waals surface area contributed by atoms with Crippen molar-refractivity contribution < 1.29 is 22.7 Å². The minimum Gasteiger partial charge on any atom is -0.495 e. The molecule has 0 spiro atoms. The summed E-state index contributed by atoms with van der Waals surface area (Å²) >= 11 is 1.37. The van der Waals surface area contributed by atoms with Gasteiger partial charge in [0.25, 0.3) is 5.91 Å². The summed E-state index contributed by atoms with van der Waals surface area (Å²) in [5, 5.41) is 0.534. The molecule has 40 heavy (non-hydrogen) atoms. The molecule has 12 heteroatoms. The fourth-order valence-electron chi connectivity index (χ4n) is 4.81. The normalized spacial score (nSPS) is 14.5. The van der Waals surface area contributed by atoms with Crippen LogP contribution in [-0.4, -0.2) is 82.0 Å². The minimum atomic E-state index is -3.60. The molecule has 1 aliphatic heterocycles. The van der Waals surface area contributed by atoms with Crippen LogP contribution in [0.1, 0.15) is 49.9 Å². The smallest absolute Gasteiger partial charge is 0.260 e. The van der Waals surface area contributed by atoms with Gasteiger partial charge in [-0.2, -0.15) is 4.31 Å². The van der Waals surface area contributed by atoms with Crippen LogP contribution in [0, 0.1) is 0 Å². The summed E-state index contributed by atoms with van der Waals surface area (Å²) in [5.41, 5.74) is 1.04. The maximum absolute atomic E-state index is 13.9. The first kappa shape index (κ1) is 32.1. The third-order valence-electron chi connectivity index (χ3n) is 7.21. The summed E-state index contributed by atoms with van der Waals surface area (Å²) in [6.07, 6.45) is 3.84. The molecule has 2 heterocycles. The number of rotatable bonds is 11. The molecule has 1 aromatic heterocycles. The van der Waals surface area contributed by atoms with E-state index in [4.69, 9.17) is 14.5 Å². The molecule has 1 amide bonds. The number of methoxy groups -OCH3 is 2. The highest BCUT2D eigenvalue weighted by Gasteiger charge is 2.27. The molecule has 1 aliphatic rings. The predicted octanol–water partition coefficient (Wildman–Crippen LogP) is 5.29. The second-order valence-electron chi connectivity index (χ2n) is 9.47. The Labute approximate surface area is 247 Å². The molecule has 0 aliphatic carbocycles. The number of likely N-dealkylation sites (N-methyl/N-ethyl adjacent to an activating group) is 1. The van der Waals surface area contributed by atoms with Gasteiger partial charge < -0.3 is 14.4 Å². The number of hydrogen-bond donors (Lipinski definition) is 0. The molecule has 4 rings (SSSR count). The van der Waals surface area contributed by atoms with Crippen molar-refractivity contribution in [2.75, 3.05) is 58.4 Å². The van der Waals surface area contributed by atoms with Crippen LogP contribution < -0.4 is 14.4 Å². The third-order valence-corrected chi connectivity index (χ3v) is 10.2. The van der Waals surface area contributed by atoms with E-state index in [9.17, 15) is 13.2 Å². The number of benzene rings is 2. The summed E-state index contributed by atoms with van der Waals surface area (Å²) in [7, 11) is -0.407. The standard InChI is InChI=1S/C28H38N4O5S2.ClH/c1-5-30(6-2)19-20-32(28-29-25-23(36-3)15-16-24(37-4)26(25)38-28)27(33)21-11-13-22(14-12-21)39(34,35)31-17-9-7-8-10-18-31;/h11-16H,5-10,17-20H2,1-4H3;1H. The number of carbonyl (C=O) groups is 1. The molecule has 1 fully saturated rings. The zero-order chi connectivity index (χ0) is 28.0. The number of anilines is 1. The molecular weight excluding hydrogens is 572 g/mol. The lowest BCUT2D eigenvalue weighted by Gasteiger charge is -2.25. The summed E-state index contributed by atoms with van der Waals surface area (Å²) in [6, 6.07) is 9.92. The van der Waals surface area contributed by atoms with Crippen LogP contribution in [0.25, 0.3) is 10.2 Å². The Kier molecular flexibility index (Phi) is 11.6. The first-order valence-corrected chi connectivity index (χ1v) is 15.8. The molecule has 0 saturated carbocycles. The molecule has 220 valence electrons. The number of sulfonamides is 1. The van der Waals surface area contributed by atoms with Crippen LogP contribution in [0.4, 0.5) is 5.13 Å². The number of ether oxygens (including phenoxy) is 2. The van der Waals surface area contributed by atoms with E-state index >= 15 is 0 Å². The molecule has 0 N–H and O–H groups in total. The summed E-state index contributed by atoms with van der Waals surface area (Å²) in [4.78, 5) is 22.8. The average Bonchev–Trinajstić information content (AvgIpc) is 3.20. The molecule has 2 aromatic carbocycles. The van der Waals surface area contributed by atoms with Crippen molar-refractivity contribution in [2.24, 2.45) is 0 Å². The number of thiazole rings is 1. The first-order valence-electron chi connectivity index (χ1n) is 13.5. The van der Waals surface area contributed by atoms with Crippen molar-refractivity contribution in [3.63, 3.8) is 0 Å². The Balaban J connectivity index is 0.00000441. The van der Waals surface area contributed by atoms with E-state index in [1.807, 2.05) is 6.07 Å². The molecule has 0 atom stereocenters. The van der Waals surface area contributed by atoms with E-state index < -0.39 is 10.0 Å². The van der Waals surface area contributed by atoms with Gasteiger partial charge >= 0.3 is 0 Å². The van der Waals surface area contributed by atoms with Crippen LogP contribution in [0.3, 0.4) is 0 Å². The molecule has 9 nitrogen and oxygen atoms in total. The molecular formula is C28H39ClN4O5S2. The summed E-state index contributed by atoms with van der Waals surface area (Å²) < 4.78 is 39.9. The molecule has 0 bridgehead atoms. The Morgan fingerprint density at radius 1 is 0.925 bits per heavy atom. The first-order chi connectivity index (χ1) is 18.8. The number of aromatic nitrogens is 1. The summed E-state index contributed by atoms with van der Waals surface area (Å²) in [5.74, 6) is 1.03. The number of hydrogen-bond acceptors (Lipinski definition) is 8. The molecule has 3 aromatic rings. The van der Waals surface area contributed by atoms with Crippen molar-refractivity contribution in [3.05, 3.63) is 42.0 Å². The largest absolute Gasteiger partial charge is 0.495 e. The zero-order valence-corrected chi connectivity index (χ0v) is 26.0. The van der Waals surface area contributed by atoms with Crippen molar-refractivity contribution in [2.45, 2.75) is 44.4 Å². The van der Waals surface area contributed by atoms with Crippen LogP contribution in [0.15, 0.2) is 41.3 Å². The zero-order valence-electron chi connectivity index (χ0n) is 23.6. The van der Waals surface area contributed by atoms with Gasteiger partial charge in [0, 0.05) is 31.7 Å². The number of carbonyl (C=O) groups excluding carboxylic acids is 1. The highest BCUT2D eigenvalue weighted by Crippen LogP contribution is 2.40. The third kappa shape index (κ3) is 6.88. The maximum Gasteiger partial charge on any atom is 0.260 e. The van der Waals surface area contributed by atoms with Gasteiger partial charge in [-0.3, -0.25) is 9.69 Å². The van der Waals surface area contributed by atoms with Gasteiger partial charge in [0.2, 0.25) is 10.0 Å². The van der Waals surface area contributed by atoms with E-state index in [-0.39, 0.29) is 23.2 Å². The monoisotopic (exact) mass is 610 g/mol. The highest BCUT2D eigenvalue weighted by atomic mass is 35.5. The van der Waals surface area contributed by atoms with E-state index in [0.29, 0.717) is 53.9 Å². The van der Waals surface area contributed by atoms with Gasteiger partial charge in [-0.05, 0) is 62.3 Å². The highest BCUT2D eigenvalue weighted by molar-refractivity contribution is 7.89. The Bertz CT molecular complexity index is 1330. The van der Waals surface area contributed by atoms with Crippen LogP contribution in [-0.2, 0) is 10.0 Å². The van der Waals surface area contributed by atoms with Crippen molar-refractivity contribution in [1.82, 2.24) is 14.2 Å². The second kappa shape index (κ2) is 14.5. The SMILES string of the molecule is CCN(CC)CCN(C(=O)c1ccc(S(=O)(=O)N2CCCCCC2)cc1)c1nc2c(OC)ccc(OC)c2s1.Cl. The maximum atomic E-state index is 13.9. The quantitative estimate of drug-likeness (QED) is 0.291. The Morgan fingerprint density at radius 2 is 1.52 bits per heavy atom. The Morgan fingerprint density at radius 3 is 2.10 bits per heavy atom.